The Labute approximate surface area is 162 Å². The van der Waals surface area contributed by atoms with E-state index in [9.17, 15) is 13.2 Å². The maximum absolute atomic E-state index is 12.2. The molecular weight excluding hydrogens is 378 g/mol. The average Bonchev–Trinajstić information content (AvgIpc) is 2.55. The number of nitrogens with zero attached hydrogens (tertiary/aromatic N) is 1. The highest BCUT2D eigenvalue weighted by Gasteiger charge is 2.21. The molecule has 0 fully saturated rings. The highest BCUT2D eigenvalue weighted by Crippen LogP contribution is 2.16. The Bertz CT molecular complexity index is 663. The second-order valence-electron chi connectivity index (χ2n) is 6.67. The van der Waals surface area contributed by atoms with Crippen LogP contribution in [0.3, 0.4) is 0 Å². The van der Waals surface area contributed by atoms with Gasteiger partial charge in [-0.3, -0.25) is 4.79 Å². The SMILES string of the molecule is CCOc1ccc(S(=O)(=O)NCCC(=O)N(C)CC(C)(C)CN)cc1.Cl. The minimum Gasteiger partial charge on any atom is -0.494 e. The van der Waals surface area contributed by atoms with Crippen LogP contribution in [-0.2, 0) is 14.8 Å². The number of hydrogen-bond acceptors (Lipinski definition) is 5. The lowest BCUT2D eigenvalue weighted by molar-refractivity contribution is -0.130. The van der Waals surface area contributed by atoms with Crippen LogP contribution in [0.25, 0.3) is 0 Å². The largest absolute Gasteiger partial charge is 0.494 e. The zero-order valence-corrected chi connectivity index (χ0v) is 17.5. The van der Waals surface area contributed by atoms with Gasteiger partial charge in [0.2, 0.25) is 15.9 Å². The molecule has 0 aliphatic rings. The summed E-state index contributed by atoms with van der Waals surface area (Å²) in [5.41, 5.74) is 5.49. The quantitative estimate of drug-likeness (QED) is 0.613. The number of carbonyl (C=O) groups excluding carboxylic acids is 1. The van der Waals surface area contributed by atoms with Gasteiger partial charge in [-0.1, -0.05) is 13.8 Å². The van der Waals surface area contributed by atoms with Crippen molar-refractivity contribution in [3.8, 4) is 5.75 Å². The third-order valence-corrected chi connectivity index (χ3v) is 5.20. The Morgan fingerprint density at radius 1 is 1.27 bits per heavy atom. The molecule has 1 rings (SSSR count). The average molecular weight is 408 g/mol. The Hall–Kier alpha value is -1.35. The van der Waals surface area contributed by atoms with Crippen molar-refractivity contribution < 1.29 is 17.9 Å². The maximum Gasteiger partial charge on any atom is 0.240 e. The van der Waals surface area contributed by atoms with Gasteiger partial charge in [-0.15, -0.1) is 12.4 Å². The van der Waals surface area contributed by atoms with Crippen LogP contribution in [0.15, 0.2) is 29.2 Å². The van der Waals surface area contributed by atoms with Crippen LogP contribution in [-0.4, -0.2) is 52.5 Å². The highest BCUT2D eigenvalue weighted by atomic mass is 35.5. The smallest absolute Gasteiger partial charge is 0.240 e. The topological polar surface area (TPSA) is 102 Å². The van der Waals surface area contributed by atoms with E-state index in [0.29, 0.717) is 25.4 Å². The van der Waals surface area contributed by atoms with Gasteiger partial charge in [-0.25, -0.2) is 13.1 Å². The third-order valence-electron chi connectivity index (χ3n) is 3.72. The van der Waals surface area contributed by atoms with Gasteiger partial charge in [0.25, 0.3) is 0 Å². The summed E-state index contributed by atoms with van der Waals surface area (Å²) in [5, 5.41) is 0. The predicted molar refractivity (Wildman–Crippen MR) is 105 cm³/mol. The molecule has 150 valence electrons. The van der Waals surface area contributed by atoms with Crippen LogP contribution in [0.4, 0.5) is 0 Å². The van der Waals surface area contributed by atoms with Crippen LogP contribution < -0.4 is 15.2 Å². The molecule has 1 aromatic carbocycles. The second-order valence-corrected chi connectivity index (χ2v) is 8.44. The Morgan fingerprint density at radius 2 is 1.85 bits per heavy atom. The van der Waals surface area contributed by atoms with E-state index in [2.05, 4.69) is 4.72 Å². The van der Waals surface area contributed by atoms with Crippen molar-refractivity contribution in [3.05, 3.63) is 24.3 Å². The zero-order valence-electron chi connectivity index (χ0n) is 15.8. The Balaban J connectivity index is 0.00000625. The first-order valence-corrected chi connectivity index (χ1v) is 9.76. The molecule has 0 bridgehead atoms. The molecular formula is C17H30ClN3O4S. The summed E-state index contributed by atoms with van der Waals surface area (Å²) in [6.45, 7) is 7.36. The van der Waals surface area contributed by atoms with Gasteiger partial charge >= 0.3 is 0 Å². The lowest BCUT2D eigenvalue weighted by Gasteiger charge is -2.29. The molecule has 1 amide bonds. The number of hydrogen-bond donors (Lipinski definition) is 2. The molecule has 0 saturated heterocycles. The fourth-order valence-electron chi connectivity index (χ4n) is 2.24. The van der Waals surface area contributed by atoms with Crippen LogP contribution in [0.1, 0.15) is 27.2 Å². The molecule has 0 unspecified atom stereocenters. The zero-order chi connectivity index (χ0) is 19.1. The van der Waals surface area contributed by atoms with E-state index < -0.39 is 10.0 Å². The summed E-state index contributed by atoms with van der Waals surface area (Å²) in [4.78, 5) is 13.8. The summed E-state index contributed by atoms with van der Waals surface area (Å²) in [5.74, 6) is 0.483. The first-order valence-electron chi connectivity index (χ1n) is 8.28. The van der Waals surface area contributed by atoms with Gasteiger partial charge in [0.05, 0.1) is 11.5 Å². The van der Waals surface area contributed by atoms with Gasteiger partial charge in [0, 0.05) is 26.6 Å². The summed E-state index contributed by atoms with van der Waals surface area (Å²) in [6.07, 6.45) is 0.0907. The number of carbonyl (C=O) groups is 1. The number of nitrogens with one attached hydrogen (secondary N) is 1. The first-order chi connectivity index (χ1) is 11.6. The number of sulfonamides is 1. The number of ether oxygens (including phenoxy) is 1. The van der Waals surface area contributed by atoms with Gasteiger partial charge < -0.3 is 15.4 Å². The molecule has 0 aliphatic carbocycles. The number of rotatable bonds is 10. The van der Waals surface area contributed by atoms with E-state index in [1.165, 1.54) is 12.1 Å². The van der Waals surface area contributed by atoms with Crippen molar-refractivity contribution in [3.63, 3.8) is 0 Å². The lowest BCUT2D eigenvalue weighted by Crippen LogP contribution is -2.40. The van der Waals surface area contributed by atoms with Crippen LogP contribution in [0.2, 0.25) is 0 Å². The van der Waals surface area contributed by atoms with Crippen molar-refractivity contribution in [1.82, 2.24) is 9.62 Å². The van der Waals surface area contributed by atoms with E-state index in [4.69, 9.17) is 10.5 Å². The van der Waals surface area contributed by atoms with Crippen LogP contribution >= 0.6 is 12.4 Å². The summed E-state index contributed by atoms with van der Waals surface area (Å²) < 4.78 is 32.2. The minimum absolute atomic E-state index is 0. The van der Waals surface area contributed by atoms with Crippen molar-refractivity contribution in [2.75, 3.05) is 33.3 Å². The summed E-state index contributed by atoms with van der Waals surface area (Å²) in [6, 6.07) is 6.16. The molecule has 3 N–H and O–H groups in total. The summed E-state index contributed by atoms with van der Waals surface area (Å²) in [7, 11) is -1.95. The number of halogens is 1. The van der Waals surface area contributed by atoms with Crippen molar-refractivity contribution in [2.45, 2.75) is 32.1 Å². The predicted octanol–water partition coefficient (Wildman–Crippen LogP) is 1.62. The fraction of sp³-hybridized carbons (Fsp3) is 0.588. The fourth-order valence-corrected chi connectivity index (χ4v) is 3.27. The third kappa shape index (κ3) is 7.90. The van der Waals surface area contributed by atoms with Gasteiger partial charge in [0.15, 0.2) is 0 Å². The molecule has 0 radical (unpaired) electrons. The Kier molecular flexibility index (Phi) is 10.2. The van der Waals surface area contributed by atoms with E-state index in [0.717, 1.165) is 0 Å². The molecule has 0 aromatic heterocycles. The number of nitrogens with two attached hydrogens (primary N) is 1. The molecule has 0 spiro atoms. The highest BCUT2D eigenvalue weighted by molar-refractivity contribution is 7.89. The molecule has 7 nitrogen and oxygen atoms in total. The van der Waals surface area contributed by atoms with Crippen LogP contribution in [0.5, 0.6) is 5.75 Å². The van der Waals surface area contributed by atoms with E-state index in [1.807, 2.05) is 20.8 Å². The van der Waals surface area contributed by atoms with Gasteiger partial charge in [-0.2, -0.15) is 0 Å². The van der Waals surface area contributed by atoms with Crippen molar-refractivity contribution >= 4 is 28.3 Å². The molecule has 0 heterocycles. The van der Waals surface area contributed by atoms with E-state index >= 15 is 0 Å². The molecule has 9 heteroatoms. The first kappa shape index (κ1) is 24.7. The van der Waals surface area contributed by atoms with E-state index in [1.54, 1.807) is 24.1 Å². The molecule has 0 aliphatic heterocycles. The molecule has 0 atom stereocenters. The normalized spacial score (nSPS) is 11.6. The standard InChI is InChI=1S/C17H29N3O4S.ClH/c1-5-24-14-6-8-15(9-7-14)25(22,23)19-11-10-16(21)20(4)13-17(2,3)12-18;/h6-9,19H,5,10-13,18H2,1-4H3;1H. The minimum atomic E-state index is -3.65. The lowest BCUT2D eigenvalue weighted by atomic mass is 9.93. The monoisotopic (exact) mass is 407 g/mol. The molecule has 26 heavy (non-hydrogen) atoms. The maximum atomic E-state index is 12.2. The second kappa shape index (κ2) is 10.7. The summed E-state index contributed by atoms with van der Waals surface area (Å²) >= 11 is 0. The van der Waals surface area contributed by atoms with Crippen molar-refractivity contribution in [2.24, 2.45) is 11.1 Å². The molecule has 1 aromatic rings. The number of benzene rings is 1. The van der Waals surface area contributed by atoms with Crippen molar-refractivity contribution in [1.29, 1.82) is 0 Å². The molecule has 0 saturated carbocycles. The van der Waals surface area contributed by atoms with E-state index in [-0.39, 0.29) is 41.6 Å². The van der Waals surface area contributed by atoms with Gasteiger partial charge in [-0.05, 0) is 43.1 Å². The van der Waals surface area contributed by atoms with Crippen LogP contribution in [0, 0.1) is 5.41 Å². The number of amides is 1. The Morgan fingerprint density at radius 3 is 2.35 bits per heavy atom. The van der Waals surface area contributed by atoms with Gasteiger partial charge in [0.1, 0.15) is 5.75 Å².